The Hall–Kier alpha value is -0.900. The lowest BCUT2D eigenvalue weighted by atomic mass is 10.5. The van der Waals surface area contributed by atoms with Crippen LogP contribution in [0.3, 0.4) is 0 Å². The van der Waals surface area contributed by atoms with E-state index >= 15 is 0 Å². The zero-order chi connectivity index (χ0) is 7.84. The second kappa shape index (κ2) is 2.30. The average Bonchev–Trinajstić information content (AvgIpc) is 2.43. The number of aromatic nitrogens is 3. The van der Waals surface area contributed by atoms with E-state index in [4.69, 9.17) is 0 Å². The van der Waals surface area contributed by atoms with Crippen LogP contribution in [0, 0.1) is 6.92 Å². The Morgan fingerprint density at radius 3 is 3.00 bits per heavy atom. The third-order valence-electron chi connectivity index (χ3n) is 2.00. The van der Waals surface area contributed by atoms with Crippen molar-refractivity contribution in [2.45, 2.75) is 27.1 Å². The molecular formula is C7H12N4. The van der Waals surface area contributed by atoms with Gasteiger partial charge in [-0.2, -0.15) is 5.10 Å². The SMILES string of the molecule is CCN1Cc2nc(C)nn2C1. The van der Waals surface area contributed by atoms with Crippen LogP contribution in [0.1, 0.15) is 18.6 Å². The van der Waals surface area contributed by atoms with Gasteiger partial charge in [-0.15, -0.1) is 0 Å². The number of aryl methyl sites for hydroxylation is 1. The van der Waals surface area contributed by atoms with E-state index in [1.165, 1.54) is 0 Å². The third-order valence-corrected chi connectivity index (χ3v) is 2.00. The lowest BCUT2D eigenvalue weighted by molar-refractivity contribution is 0.260. The number of fused-ring (bicyclic) bond motifs is 1. The molecule has 11 heavy (non-hydrogen) atoms. The summed E-state index contributed by atoms with van der Waals surface area (Å²) in [7, 11) is 0. The fourth-order valence-corrected chi connectivity index (χ4v) is 1.38. The van der Waals surface area contributed by atoms with Crippen LogP contribution in [0.4, 0.5) is 0 Å². The predicted octanol–water partition coefficient (Wildman–Crippen LogP) is 0.380. The molecule has 0 radical (unpaired) electrons. The lowest BCUT2D eigenvalue weighted by Gasteiger charge is -2.08. The van der Waals surface area contributed by atoms with Crippen LogP contribution in [-0.2, 0) is 13.2 Å². The fourth-order valence-electron chi connectivity index (χ4n) is 1.38. The minimum atomic E-state index is 0.885. The Morgan fingerprint density at radius 1 is 1.55 bits per heavy atom. The molecule has 0 N–H and O–H groups in total. The van der Waals surface area contributed by atoms with Crippen molar-refractivity contribution in [3.63, 3.8) is 0 Å². The number of hydrogen-bond acceptors (Lipinski definition) is 3. The highest BCUT2D eigenvalue weighted by Gasteiger charge is 2.19. The number of hydrogen-bond donors (Lipinski definition) is 0. The predicted molar refractivity (Wildman–Crippen MR) is 40.8 cm³/mol. The Balaban J connectivity index is 2.23. The summed E-state index contributed by atoms with van der Waals surface area (Å²) < 4.78 is 1.97. The highest BCUT2D eigenvalue weighted by atomic mass is 15.5. The first-order valence-electron chi connectivity index (χ1n) is 3.92. The molecular weight excluding hydrogens is 140 g/mol. The summed E-state index contributed by atoms with van der Waals surface area (Å²) in [5.41, 5.74) is 0. The fraction of sp³-hybridized carbons (Fsp3) is 0.714. The molecule has 4 heteroatoms. The molecule has 60 valence electrons. The van der Waals surface area contributed by atoms with Gasteiger partial charge in [0, 0.05) is 0 Å². The second-order valence-electron chi connectivity index (χ2n) is 2.86. The molecule has 1 aliphatic rings. The van der Waals surface area contributed by atoms with E-state index < -0.39 is 0 Å². The van der Waals surface area contributed by atoms with Crippen molar-refractivity contribution in [3.05, 3.63) is 11.6 Å². The molecule has 0 aromatic carbocycles. The Kier molecular flexibility index (Phi) is 1.42. The minimum Gasteiger partial charge on any atom is -0.277 e. The maximum absolute atomic E-state index is 4.30. The Labute approximate surface area is 65.8 Å². The first kappa shape index (κ1) is 6.79. The van der Waals surface area contributed by atoms with Crippen molar-refractivity contribution in [3.8, 4) is 0 Å². The van der Waals surface area contributed by atoms with E-state index in [-0.39, 0.29) is 0 Å². The highest BCUT2D eigenvalue weighted by Crippen LogP contribution is 2.11. The summed E-state index contributed by atoms with van der Waals surface area (Å²) in [5.74, 6) is 1.99. The van der Waals surface area contributed by atoms with Gasteiger partial charge in [0.1, 0.15) is 11.6 Å². The first-order chi connectivity index (χ1) is 5.29. The monoisotopic (exact) mass is 152 g/mol. The molecule has 0 fully saturated rings. The largest absolute Gasteiger partial charge is 0.277 e. The molecule has 1 aromatic rings. The van der Waals surface area contributed by atoms with Gasteiger partial charge in [0.25, 0.3) is 0 Å². The van der Waals surface area contributed by atoms with Gasteiger partial charge in [0.15, 0.2) is 0 Å². The molecule has 2 rings (SSSR count). The van der Waals surface area contributed by atoms with Gasteiger partial charge in [0.05, 0.1) is 13.2 Å². The van der Waals surface area contributed by atoms with Crippen molar-refractivity contribution < 1.29 is 0 Å². The summed E-state index contributed by atoms with van der Waals surface area (Å²) in [5, 5.41) is 4.25. The average molecular weight is 152 g/mol. The smallest absolute Gasteiger partial charge is 0.147 e. The van der Waals surface area contributed by atoms with Gasteiger partial charge in [-0.3, -0.25) is 4.90 Å². The van der Waals surface area contributed by atoms with Crippen molar-refractivity contribution in [1.29, 1.82) is 0 Å². The molecule has 0 atom stereocenters. The normalized spacial score (nSPS) is 17.3. The van der Waals surface area contributed by atoms with Crippen LogP contribution < -0.4 is 0 Å². The summed E-state index contributed by atoms with van der Waals surface area (Å²) in [4.78, 5) is 6.60. The molecule has 0 bridgehead atoms. The van der Waals surface area contributed by atoms with Crippen molar-refractivity contribution in [1.82, 2.24) is 19.7 Å². The number of rotatable bonds is 1. The van der Waals surface area contributed by atoms with Crippen molar-refractivity contribution in [2.75, 3.05) is 6.54 Å². The maximum Gasteiger partial charge on any atom is 0.147 e. The van der Waals surface area contributed by atoms with Gasteiger partial charge >= 0.3 is 0 Å². The van der Waals surface area contributed by atoms with Crippen molar-refractivity contribution >= 4 is 0 Å². The van der Waals surface area contributed by atoms with Crippen molar-refractivity contribution in [2.24, 2.45) is 0 Å². The molecule has 0 unspecified atom stereocenters. The van der Waals surface area contributed by atoms with E-state index in [9.17, 15) is 0 Å². The van der Waals surface area contributed by atoms with E-state index in [2.05, 4.69) is 21.9 Å². The Bertz CT molecular complexity index is 242. The van der Waals surface area contributed by atoms with Crippen LogP contribution in [0.15, 0.2) is 0 Å². The molecule has 0 aliphatic carbocycles. The summed E-state index contributed by atoms with van der Waals surface area (Å²) >= 11 is 0. The van der Waals surface area contributed by atoms with E-state index in [0.29, 0.717) is 0 Å². The van der Waals surface area contributed by atoms with Gasteiger partial charge in [0.2, 0.25) is 0 Å². The van der Waals surface area contributed by atoms with E-state index in [1.807, 2.05) is 11.6 Å². The van der Waals surface area contributed by atoms with E-state index in [0.717, 1.165) is 31.4 Å². The topological polar surface area (TPSA) is 34.0 Å². The van der Waals surface area contributed by atoms with Gasteiger partial charge in [-0.05, 0) is 13.5 Å². The first-order valence-corrected chi connectivity index (χ1v) is 3.92. The van der Waals surface area contributed by atoms with Gasteiger partial charge in [-0.1, -0.05) is 6.92 Å². The minimum absolute atomic E-state index is 0.885. The molecule has 0 spiro atoms. The quantitative estimate of drug-likeness (QED) is 0.583. The summed E-state index contributed by atoms with van der Waals surface area (Å²) in [6.07, 6.45) is 0. The van der Waals surface area contributed by atoms with Crippen LogP contribution in [0.2, 0.25) is 0 Å². The molecule has 1 aromatic heterocycles. The lowest BCUT2D eigenvalue weighted by Crippen LogP contribution is -2.17. The third kappa shape index (κ3) is 1.03. The maximum atomic E-state index is 4.30. The highest BCUT2D eigenvalue weighted by molar-refractivity contribution is 4.94. The standard InChI is InChI=1S/C7H12N4/c1-3-10-4-7-8-6(2)9-11(7)5-10/h3-5H2,1-2H3. The summed E-state index contributed by atoms with van der Waals surface area (Å²) in [6, 6.07) is 0. The van der Waals surface area contributed by atoms with E-state index in [1.54, 1.807) is 0 Å². The van der Waals surface area contributed by atoms with Crippen LogP contribution in [0.25, 0.3) is 0 Å². The zero-order valence-corrected chi connectivity index (χ0v) is 6.91. The molecule has 0 amide bonds. The summed E-state index contributed by atoms with van der Waals surface area (Å²) in [6.45, 7) is 7.02. The number of nitrogens with zero attached hydrogens (tertiary/aromatic N) is 4. The Morgan fingerprint density at radius 2 is 2.36 bits per heavy atom. The molecule has 1 aliphatic heterocycles. The zero-order valence-electron chi connectivity index (χ0n) is 6.91. The molecule has 0 saturated carbocycles. The van der Waals surface area contributed by atoms with Gasteiger partial charge in [-0.25, -0.2) is 9.67 Å². The molecule has 0 saturated heterocycles. The van der Waals surface area contributed by atoms with Gasteiger partial charge < -0.3 is 0 Å². The van der Waals surface area contributed by atoms with Crippen LogP contribution >= 0.6 is 0 Å². The van der Waals surface area contributed by atoms with Crippen LogP contribution in [0.5, 0.6) is 0 Å². The molecule has 2 heterocycles. The van der Waals surface area contributed by atoms with Crippen LogP contribution in [-0.4, -0.2) is 26.2 Å². The second-order valence-corrected chi connectivity index (χ2v) is 2.86. The molecule has 4 nitrogen and oxygen atoms in total.